The van der Waals surface area contributed by atoms with Crippen molar-refractivity contribution in [3.8, 4) is 5.75 Å². The Balaban J connectivity index is 2.34. The molecule has 0 aliphatic heterocycles. The van der Waals surface area contributed by atoms with Crippen LogP contribution in [0, 0.1) is 0 Å². The molecule has 0 saturated carbocycles. The zero-order valence-corrected chi connectivity index (χ0v) is 12.4. The Morgan fingerprint density at radius 3 is 2.55 bits per heavy atom. The fourth-order valence-corrected chi connectivity index (χ4v) is 1.52. The average molecular weight is 321 g/mol. The van der Waals surface area contributed by atoms with E-state index in [2.05, 4.69) is 0 Å². The zero-order valence-electron chi connectivity index (χ0n) is 10.9. The molecule has 0 bridgehead atoms. The lowest BCUT2D eigenvalue weighted by molar-refractivity contribution is -0.151. The number of hydrogen-bond donors (Lipinski definition) is 0. The summed E-state index contributed by atoms with van der Waals surface area (Å²) in [7, 11) is 0. The largest absolute Gasteiger partial charge is 0.464 e. The van der Waals surface area contributed by atoms with E-state index in [9.17, 15) is 9.59 Å². The summed E-state index contributed by atoms with van der Waals surface area (Å²) in [6.45, 7) is 1.51. The number of ether oxygens (including phenoxy) is 3. The zero-order chi connectivity index (χ0) is 15.0. The van der Waals surface area contributed by atoms with E-state index in [1.807, 2.05) is 6.92 Å². The van der Waals surface area contributed by atoms with Crippen LogP contribution in [0.1, 0.15) is 13.3 Å². The molecule has 0 unspecified atom stereocenters. The van der Waals surface area contributed by atoms with Gasteiger partial charge in [0.15, 0.2) is 5.75 Å². The van der Waals surface area contributed by atoms with Crippen LogP contribution < -0.4 is 4.74 Å². The Kier molecular flexibility index (Phi) is 7.36. The van der Waals surface area contributed by atoms with Crippen LogP contribution in [0.3, 0.4) is 0 Å². The summed E-state index contributed by atoms with van der Waals surface area (Å²) in [5.74, 6) is -1.07. The van der Waals surface area contributed by atoms with E-state index >= 15 is 0 Å². The van der Waals surface area contributed by atoms with E-state index < -0.39 is 11.9 Å². The van der Waals surface area contributed by atoms with Gasteiger partial charge in [0.2, 0.25) is 0 Å². The minimum Gasteiger partial charge on any atom is -0.464 e. The number of hydrogen-bond acceptors (Lipinski definition) is 5. The number of esters is 2. The van der Waals surface area contributed by atoms with Crippen LogP contribution in [0.2, 0.25) is 10.0 Å². The van der Waals surface area contributed by atoms with Gasteiger partial charge >= 0.3 is 11.9 Å². The third-order valence-corrected chi connectivity index (χ3v) is 2.85. The summed E-state index contributed by atoms with van der Waals surface area (Å²) in [4.78, 5) is 22.6. The van der Waals surface area contributed by atoms with Crippen LogP contribution in [0.15, 0.2) is 18.2 Å². The number of carbonyl (C=O) groups is 2. The molecule has 0 saturated heterocycles. The molecule has 0 aromatic heterocycles. The Morgan fingerprint density at radius 2 is 1.85 bits per heavy atom. The third kappa shape index (κ3) is 5.77. The molecule has 0 amide bonds. The van der Waals surface area contributed by atoms with Gasteiger partial charge in [-0.15, -0.1) is 0 Å². The Labute approximate surface area is 126 Å². The van der Waals surface area contributed by atoms with Gasteiger partial charge in [0.25, 0.3) is 0 Å². The van der Waals surface area contributed by atoms with E-state index in [0.29, 0.717) is 6.61 Å². The average Bonchev–Trinajstić information content (AvgIpc) is 2.41. The molecule has 0 aliphatic rings. The molecule has 0 aliphatic carbocycles. The van der Waals surface area contributed by atoms with Crippen LogP contribution in [-0.4, -0.2) is 31.8 Å². The highest BCUT2D eigenvalue weighted by Gasteiger charge is 2.12. The monoisotopic (exact) mass is 320 g/mol. The van der Waals surface area contributed by atoms with Gasteiger partial charge in [0.1, 0.15) is 18.2 Å². The van der Waals surface area contributed by atoms with E-state index in [1.165, 1.54) is 6.07 Å². The summed E-state index contributed by atoms with van der Waals surface area (Å²) in [5, 5.41) is 0.422. The maximum atomic E-state index is 11.5. The normalized spacial score (nSPS) is 10.2. The predicted octanol–water partition coefficient (Wildman–Crippen LogP) is 2.87. The predicted molar refractivity (Wildman–Crippen MR) is 74.2 cm³/mol. The SMILES string of the molecule is CCCOC(=O)COCC(=O)Oc1cccc(Cl)c1Cl. The molecule has 1 aromatic rings. The van der Waals surface area contributed by atoms with Gasteiger partial charge in [0.05, 0.1) is 11.6 Å². The standard InChI is InChI=1S/C13H14Cl2O5/c1-2-6-19-11(16)7-18-8-12(17)20-10-5-3-4-9(14)13(10)15/h3-5H,2,6-8H2,1H3. The molecule has 1 rings (SSSR count). The molecule has 0 atom stereocenters. The van der Waals surface area contributed by atoms with Crippen molar-refractivity contribution in [3.63, 3.8) is 0 Å². The first-order chi connectivity index (χ1) is 9.54. The van der Waals surface area contributed by atoms with E-state index in [-0.39, 0.29) is 29.0 Å². The van der Waals surface area contributed by atoms with Crippen LogP contribution in [-0.2, 0) is 19.1 Å². The molecule has 0 radical (unpaired) electrons. The van der Waals surface area contributed by atoms with E-state index in [0.717, 1.165) is 6.42 Å². The molecular formula is C13H14Cl2O5. The lowest BCUT2D eigenvalue weighted by atomic mass is 10.3. The van der Waals surface area contributed by atoms with Crippen molar-refractivity contribution in [2.45, 2.75) is 13.3 Å². The molecule has 110 valence electrons. The first-order valence-corrected chi connectivity index (χ1v) is 6.68. The van der Waals surface area contributed by atoms with Crippen molar-refractivity contribution in [2.24, 2.45) is 0 Å². The molecular weight excluding hydrogens is 307 g/mol. The minimum absolute atomic E-state index is 0.140. The second-order valence-corrected chi connectivity index (χ2v) is 4.52. The van der Waals surface area contributed by atoms with Crippen LogP contribution in [0.4, 0.5) is 0 Å². The van der Waals surface area contributed by atoms with Gasteiger partial charge in [-0.2, -0.15) is 0 Å². The van der Waals surface area contributed by atoms with Crippen LogP contribution in [0.25, 0.3) is 0 Å². The Bertz CT molecular complexity index is 476. The second kappa shape index (κ2) is 8.79. The van der Waals surface area contributed by atoms with Gasteiger partial charge in [-0.1, -0.05) is 36.2 Å². The molecule has 5 nitrogen and oxygen atoms in total. The lowest BCUT2D eigenvalue weighted by Gasteiger charge is -2.07. The third-order valence-electron chi connectivity index (χ3n) is 2.05. The van der Waals surface area contributed by atoms with E-state index in [1.54, 1.807) is 12.1 Å². The van der Waals surface area contributed by atoms with Crippen molar-refractivity contribution in [2.75, 3.05) is 19.8 Å². The fraction of sp³-hybridized carbons (Fsp3) is 0.385. The van der Waals surface area contributed by atoms with Gasteiger partial charge in [-0.3, -0.25) is 0 Å². The highest BCUT2D eigenvalue weighted by Crippen LogP contribution is 2.31. The van der Waals surface area contributed by atoms with Crippen molar-refractivity contribution >= 4 is 35.1 Å². The molecule has 0 spiro atoms. The van der Waals surface area contributed by atoms with E-state index in [4.69, 9.17) is 37.4 Å². The van der Waals surface area contributed by atoms with Crippen molar-refractivity contribution in [1.29, 1.82) is 0 Å². The Hall–Kier alpha value is -1.30. The molecule has 1 aromatic carbocycles. The lowest BCUT2D eigenvalue weighted by Crippen LogP contribution is -2.20. The molecule has 20 heavy (non-hydrogen) atoms. The molecule has 0 N–H and O–H groups in total. The topological polar surface area (TPSA) is 61.8 Å². The molecule has 0 heterocycles. The summed E-state index contributed by atoms with van der Waals surface area (Å²) in [5.41, 5.74) is 0. The van der Waals surface area contributed by atoms with Gasteiger partial charge in [-0.25, -0.2) is 9.59 Å². The van der Waals surface area contributed by atoms with Crippen molar-refractivity contribution in [1.82, 2.24) is 0 Å². The first kappa shape index (κ1) is 16.8. The van der Waals surface area contributed by atoms with Gasteiger partial charge < -0.3 is 14.2 Å². The van der Waals surface area contributed by atoms with Crippen LogP contribution >= 0.6 is 23.2 Å². The maximum absolute atomic E-state index is 11.5. The Morgan fingerprint density at radius 1 is 1.15 bits per heavy atom. The highest BCUT2D eigenvalue weighted by molar-refractivity contribution is 6.43. The van der Waals surface area contributed by atoms with Gasteiger partial charge in [-0.05, 0) is 18.6 Å². The minimum atomic E-state index is -0.683. The number of rotatable bonds is 7. The van der Waals surface area contributed by atoms with Crippen molar-refractivity contribution < 1.29 is 23.8 Å². The number of halogens is 2. The summed E-state index contributed by atoms with van der Waals surface area (Å²) < 4.78 is 14.6. The molecule has 7 heteroatoms. The fourth-order valence-electron chi connectivity index (χ4n) is 1.19. The maximum Gasteiger partial charge on any atom is 0.337 e. The smallest absolute Gasteiger partial charge is 0.337 e. The summed E-state index contributed by atoms with van der Waals surface area (Å²) >= 11 is 11.6. The number of benzene rings is 1. The summed E-state index contributed by atoms with van der Waals surface area (Å²) in [6.07, 6.45) is 0.723. The summed E-state index contributed by atoms with van der Waals surface area (Å²) in [6, 6.07) is 4.67. The van der Waals surface area contributed by atoms with Crippen LogP contribution in [0.5, 0.6) is 5.75 Å². The van der Waals surface area contributed by atoms with Crippen molar-refractivity contribution in [3.05, 3.63) is 28.2 Å². The molecule has 0 fully saturated rings. The quantitative estimate of drug-likeness (QED) is 0.571. The highest BCUT2D eigenvalue weighted by atomic mass is 35.5. The first-order valence-electron chi connectivity index (χ1n) is 5.92. The second-order valence-electron chi connectivity index (χ2n) is 3.74. The van der Waals surface area contributed by atoms with Gasteiger partial charge in [0, 0.05) is 0 Å². The number of carbonyl (C=O) groups excluding carboxylic acids is 2.